The molecule has 0 saturated heterocycles. The average Bonchev–Trinajstić information content (AvgIpc) is 3.09. The molecule has 10 heteroatoms. The van der Waals surface area contributed by atoms with Crippen molar-refractivity contribution in [2.75, 3.05) is 49.7 Å². The lowest BCUT2D eigenvalue weighted by atomic mass is 9.89. The maximum absolute atomic E-state index is 13.6. The predicted molar refractivity (Wildman–Crippen MR) is 187 cm³/mol. The Bertz CT molecular complexity index is 1330. The third-order valence-corrected chi connectivity index (χ3v) is 9.53. The molecule has 1 aliphatic heterocycles. The number of para-hydroxylation sites is 2. The van der Waals surface area contributed by atoms with E-state index in [2.05, 4.69) is 29.5 Å². The van der Waals surface area contributed by atoms with E-state index in [1.54, 1.807) is 17.0 Å². The maximum atomic E-state index is 13.6. The van der Waals surface area contributed by atoms with E-state index in [4.69, 9.17) is 10.5 Å². The molecule has 0 unspecified atom stereocenters. The first kappa shape index (κ1) is 36.2. The summed E-state index contributed by atoms with van der Waals surface area (Å²) in [4.78, 5) is 42.8. The number of hydrogen-bond acceptors (Lipinski definition) is 7. The summed E-state index contributed by atoms with van der Waals surface area (Å²) in [5.41, 5.74) is 8.37. The van der Waals surface area contributed by atoms with Crippen LogP contribution >= 0.6 is 0 Å². The molecule has 2 aromatic carbocycles. The number of unbranched alkanes of at least 4 members (excludes halogenated alkanes) is 2. The number of nitrogens with two attached hydrogens (primary N) is 1. The largest absolute Gasteiger partial charge is 0.488 e. The van der Waals surface area contributed by atoms with Crippen LogP contribution in [0.25, 0.3) is 0 Å². The molecule has 0 aromatic heterocycles. The smallest absolute Gasteiger partial charge is 0.227 e. The van der Waals surface area contributed by atoms with Crippen molar-refractivity contribution in [1.29, 1.82) is 0 Å². The summed E-state index contributed by atoms with van der Waals surface area (Å²) in [6, 6.07) is 12.4. The highest BCUT2D eigenvalue weighted by Crippen LogP contribution is 2.30. The van der Waals surface area contributed by atoms with Crippen LogP contribution in [0.3, 0.4) is 0 Å². The van der Waals surface area contributed by atoms with Crippen LogP contribution in [0.1, 0.15) is 83.6 Å². The van der Waals surface area contributed by atoms with Gasteiger partial charge in [-0.25, -0.2) is 0 Å². The third-order valence-electron chi connectivity index (χ3n) is 9.53. The van der Waals surface area contributed by atoms with Gasteiger partial charge in [-0.1, -0.05) is 44.7 Å². The summed E-state index contributed by atoms with van der Waals surface area (Å²) in [5, 5.41) is 15.8. The Hall–Kier alpha value is -3.63. The first-order chi connectivity index (χ1) is 22.6. The number of ether oxygens (including phenoxy) is 1. The first-order valence-electron chi connectivity index (χ1n) is 17.5. The predicted octanol–water partition coefficient (Wildman–Crippen LogP) is 5.46. The Morgan fingerprint density at radius 3 is 2.43 bits per heavy atom. The minimum atomic E-state index is -0.308. The van der Waals surface area contributed by atoms with E-state index < -0.39 is 0 Å². The number of nitrogens with zero attached hydrogens (tertiary/aromatic N) is 2. The van der Waals surface area contributed by atoms with Crippen LogP contribution in [-0.4, -0.2) is 78.1 Å². The monoisotopic (exact) mass is 649 g/mol. The zero-order valence-electron chi connectivity index (χ0n) is 28.5. The lowest BCUT2D eigenvalue weighted by Gasteiger charge is -2.35. The summed E-state index contributed by atoms with van der Waals surface area (Å²) in [6.45, 7) is 6.16. The van der Waals surface area contributed by atoms with Crippen LogP contribution in [0, 0.1) is 11.8 Å². The number of carbonyl (C=O) groups is 3. The number of likely N-dealkylation sites (N-methyl/N-ethyl adjacent to an activating group) is 1. The van der Waals surface area contributed by atoms with Crippen molar-refractivity contribution in [1.82, 2.24) is 9.80 Å². The zero-order valence-corrected chi connectivity index (χ0v) is 28.5. The van der Waals surface area contributed by atoms with E-state index in [9.17, 15) is 19.5 Å². The van der Waals surface area contributed by atoms with E-state index in [0.29, 0.717) is 61.0 Å². The number of hydrogen-bond donors (Lipinski definition) is 4. The molecule has 5 N–H and O–H groups in total. The van der Waals surface area contributed by atoms with Gasteiger partial charge in [0.15, 0.2) is 0 Å². The van der Waals surface area contributed by atoms with Crippen molar-refractivity contribution in [2.24, 2.45) is 11.8 Å². The number of fused-ring (bicyclic) bond motifs is 1. The summed E-state index contributed by atoms with van der Waals surface area (Å²) in [6.07, 6.45) is 9.23. The molecule has 4 rings (SSSR count). The zero-order chi connectivity index (χ0) is 33.8. The Morgan fingerprint density at radius 1 is 1.02 bits per heavy atom. The molecule has 1 heterocycles. The summed E-state index contributed by atoms with van der Waals surface area (Å²) in [5.74, 6) is 1.14. The maximum Gasteiger partial charge on any atom is 0.227 e. The van der Waals surface area contributed by atoms with Gasteiger partial charge in [0, 0.05) is 49.6 Å². The fourth-order valence-corrected chi connectivity index (χ4v) is 6.71. The molecule has 3 amide bonds. The number of anilines is 3. The number of benzene rings is 2. The lowest BCUT2D eigenvalue weighted by Crippen LogP contribution is -2.48. The molecular weight excluding hydrogens is 594 g/mol. The number of aliphatic hydroxyl groups excluding tert-OH is 1. The molecule has 2 aromatic rings. The molecule has 3 atom stereocenters. The molecule has 47 heavy (non-hydrogen) atoms. The molecule has 1 aliphatic carbocycles. The highest BCUT2D eigenvalue weighted by atomic mass is 16.5. The standard InChI is InChI=1S/C37H55N5O5/c1-26-22-42(27(2)25-43)37(46)21-29-20-30(18-19-33(29)47-34(26)24-41(3)23-28-12-6-4-7-13-28)39-35(44)16-8-5-9-17-36(45)40-32-15-11-10-14-31(32)38/h10-11,14-15,18-20,26-28,34,43H,4-9,12-13,16-17,21-25,38H2,1-3H3,(H,39,44)(H,40,45)/t26-,27-,34-/m1/s1. The van der Waals surface area contributed by atoms with Crippen LogP contribution in [0.5, 0.6) is 5.75 Å². The van der Waals surface area contributed by atoms with Crippen molar-refractivity contribution in [3.8, 4) is 5.75 Å². The Morgan fingerprint density at radius 2 is 1.72 bits per heavy atom. The van der Waals surface area contributed by atoms with E-state index in [1.165, 1.54) is 32.1 Å². The Labute approximate surface area is 280 Å². The van der Waals surface area contributed by atoms with Crippen LogP contribution in [-0.2, 0) is 20.8 Å². The fourth-order valence-electron chi connectivity index (χ4n) is 6.71. The van der Waals surface area contributed by atoms with Gasteiger partial charge >= 0.3 is 0 Å². The number of nitrogen functional groups attached to an aromatic ring is 1. The van der Waals surface area contributed by atoms with Crippen LogP contribution in [0.2, 0.25) is 0 Å². The van der Waals surface area contributed by atoms with Gasteiger partial charge in [-0.2, -0.15) is 0 Å². The minimum Gasteiger partial charge on any atom is -0.488 e. The van der Waals surface area contributed by atoms with Gasteiger partial charge < -0.3 is 36.0 Å². The third kappa shape index (κ3) is 11.2. The number of aliphatic hydroxyl groups is 1. The van der Waals surface area contributed by atoms with Crippen LogP contribution in [0.15, 0.2) is 42.5 Å². The topological polar surface area (TPSA) is 137 Å². The van der Waals surface area contributed by atoms with Gasteiger partial charge in [0.2, 0.25) is 17.7 Å². The van der Waals surface area contributed by atoms with E-state index >= 15 is 0 Å². The second kappa shape index (κ2) is 18.1. The van der Waals surface area contributed by atoms with Crippen molar-refractivity contribution >= 4 is 34.8 Å². The molecule has 1 saturated carbocycles. The van der Waals surface area contributed by atoms with E-state index in [1.807, 2.05) is 37.3 Å². The molecule has 0 radical (unpaired) electrons. The van der Waals surface area contributed by atoms with Gasteiger partial charge in [0.25, 0.3) is 0 Å². The van der Waals surface area contributed by atoms with Crippen molar-refractivity contribution in [3.63, 3.8) is 0 Å². The molecule has 0 spiro atoms. The van der Waals surface area contributed by atoms with Gasteiger partial charge in [-0.3, -0.25) is 14.4 Å². The molecule has 10 nitrogen and oxygen atoms in total. The van der Waals surface area contributed by atoms with E-state index in [-0.39, 0.29) is 48.8 Å². The van der Waals surface area contributed by atoms with E-state index in [0.717, 1.165) is 25.1 Å². The number of amides is 3. The Kier molecular flexibility index (Phi) is 13.9. The fraction of sp³-hybridized carbons (Fsp3) is 0.595. The van der Waals surface area contributed by atoms with Gasteiger partial charge in [0.05, 0.1) is 30.4 Å². The molecule has 258 valence electrons. The quantitative estimate of drug-likeness (QED) is 0.158. The summed E-state index contributed by atoms with van der Waals surface area (Å²) in [7, 11) is 2.16. The lowest BCUT2D eigenvalue weighted by molar-refractivity contribution is -0.134. The minimum absolute atomic E-state index is 0.0506. The Balaban J connectivity index is 1.34. The van der Waals surface area contributed by atoms with Crippen LogP contribution in [0.4, 0.5) is 17.1 Å². The second-order valence-corrected chi connectivity index (χ2v) is 13.7. The first-order valence-corrected chi connectivity index (χ1v) is 17.5. The summed E-state index contributed by atoms with van der Waals surface area (Å²) < 4.78 is 6.68. The second-order valence-electron chi connectivity index (χ2n) is 13.7. The highest BCUT2D eigenvalue weighted by Gasteiger charge is 2.31. The van der Waals surface area contributed by atoms with Gasteiger partial charge in [-0.15, -0.1) is 0 Å². The molecule has 0 bridgehead atoms. The number of nitrogens with one attached hydrogen (secondary N) is 2. The SMILES string of the molecule is C[C@@H]1CN([C@H](C)CO)C(=O)Cc2cc(NC(=O)CCCCCC(=O)Nc3ccccc3N)ccc2O[C@@H]1CN(C)CC1CCCCC1. The average molecular weight is 650 g/mol. The number of rotatable bonds is 14. The van der Waals surface area contributed by atoms with Gasteiger partial charge in [-0.05, 0) is 75.9 Å². The van der Waals surface area contributed by atoms with Crippen LogP contribution < -0.4 is 21.1 Å². The molecular formula is C37H55N5O5. The van der Waals surface area contributed by atoms with Crippen molar-refractivity contribution in [3.05, 3.63) is 48.0 Å². The summed E-state index contributed by atoms with van der Waals surface area (Å²) >= 11 is 0. The normalized spacial score (nSPS) is 19.6. The molecule has 2 aliphatic rings. The molecule has 1 fully saturated rings. The number of carbonyl (C=O) groups excluding carboxylic acids is 3. The van der Waals surface area contributed by atoms with Gasteiger partial charge in [0.1, 0.15) is 11.9 Å². The van der Waals surface area contributed by atoms with Crippen molar-refractivity contribution < 1.29 is 24.2 Å². The van der Waals surface area contributed by atoms with Crippen molar-refractivity contribution in [2.45, 2.75) is 96.6 Å². The highest BCUT2D eigenvalue weighted by molar-refractivity contribution is 5.94.